The Morgan fingerprint density at radius 2 is 1.88 bits per heavy atom. The molecule has 1 fully saturated rings. The van der Waals surface area contributed by atoms with Crippen molar-refractivity contribution in [3.8, 4) is 0 Å². The van der Waals surface area contributed by atoms with E-state index in [1.165, 1.54) is 17.7 Å². The Balaban J connectivity index is 1.37. The van der Waals surface area contributed by atoms with Crippen molar-refractivity contribution in [1.29, 1.82) is 0 Å². The molecule has 26 heavy (non-hydrogen) atoms. The van der Waals surface area contributed by atoms with Crippen LogP contribution in [0, 0.1) is 11.7 Å². The molecule has 1 aliphatic heterocycles. The lowest BCUT2D eigenvalue weighted by molar-refractivity contribution is 0.176. The Bertz CT molecular complexity index is 730. The van der Waals surface area contributed by atoms with Crippen molar-refractivity contribution in [3.63, 3.8) is 0 Å². The van der Waals surface area contributed by atoms with Crippen molar-refractivity contribution in [3.05, 3.63) is 64.9 Å². The minimum Gasteiger partial charge on any atom is -0.338 e. The second kappa shape index (κ2) is 9.01. The standard InChI is InChI=1S/C20H23ClFN3O/c21-17-3-1-2-16(12-17)14-25-10-8-15(9-11-25)13-23-20(26)24-19-6-4-18(22)5-7-19/h1-7,12,15H,8-11,13-14H2,(H2,23,24,26). The molecule has 1 saturated heterocycles. The Morgan fingerprint density at radius 3 is 2.58 bits per heavy atom. The van der Waals surface area contributed by atoms with E-state index in [1.54, 1.807) is 12.1 Å². The van der Waals surface area contributed by atoms with Gasteiger partial charge in [-0.25, -0.2) is 9.18 Å². The molecular weight excluding hydrogens is 353 g/mol. The van der Waals surface area contributed by atoms with Crippen molar-refractivity contribution >= 4 is 23.3 Å². The number of hydrogen-bond acceptors (Lipinski definition) is 2. The number of urea groups is 1. The summed E-state index contributed by atoms with van der Waals surface area (Å²) < 4.78 is 12.9. The SMILES string of the molecule is O=C(NCC1CCN(Cc2cccc(Cl)c2)CC1)Nc1ccc(F)cc1. The van der Waals surface area contributed by atoms with Crippen LogP contribution in [0.3, 0.4) is 0 Å². The lowest BCUT2D eigenvalue weighted by atomic mass is 9.96. The molecule has 0 saturated carbocycles. The molecule has 0 unspecified atom stereocenters. The third kappa shape index (κ3) is 5.71. The summed E-state index contributed by atoms with van der Waals surface area (Å²) in [4.78, 5) is 14.4. The van der Waals surface area contributed by atoms with Crippen LogP contribution in [-0.2, 0) is 6.54 Å². The Hall–Kier alpha value is -2.11. The van der Waals surface area contributed by atoms with Gasteiger partial charge in [-0.3, -0.25) is 4.90 Å². The second-order valence-corrected chi connectivity index (χ2v) is 7.13. The number of halogens is 2. The lowest BCUT2D eigenvalue weighted by Gasteiger charge is -2.32. The van der Waals surface area contributed by atoms with Crippen LogP contribution in [-0.4, -0.2) is 30.6 Å². The van der Waals surface area contributed by atoms with E-state index in [-0.39, 0.29) is 11.8 Å². The number of nitrogens with one attached hydrogen (secondary N) is 2. The predicted octanol–water partition coefficient (Wildman–Crippen LogP) is 4.51. The van der Waals surface area contributed by atoms with Crippen LogP contribution in [0.5, 0.6) is 0 Å². The van der Waals surface area contributed by atoms with E-state index in [9.17, 15) is 9.18 Å². The summed E-state index contributed by atoms with van der Waals surface area (Å²) in [6, 6.07) is 13.5. The maximum atomic E-state index is 12.9. The van der Waals surface area contributed by atoms with E-state index in [1.807, 2.05) is 18.2 Å². The summed E-state index contributed by atoms with van der Waals surface area (Å²) in [6.45, 7) is 3.58. The minimum absolute atomic E-state index is 0.252. The molecule has 1 aliphatic rings. The molecule has 1 heterocycles. The first kappa shape index (κ1) is 18.7. The fourth-order valence-electron chi connectivity index (χ4n) is 3.19. The van der Waals surface area contributed by atoms with E-state index in [2.05, 4.69) is 21.6 Å². The van der Waals surface area contributed by atoms with Crippen molar-refractivity contribution in [2.45, 2.75) is 19.4 Å². The summed E-state index contributed by atoms with van der Waals surface area (Å²) in [5, 5.41) is 6.40. The molecule has 2 aromatic carbocycles. The fraction of sp³-hybridized carbons (Fsp3) is 0.350. The highest BCUT2D eigenvalue weighted by atomic mass is 35.5. The third-order valence-corrected chi connectivity index (χ3v) is 4.89. The van der Waals surface area contributed by atoms with Crippen LogP contribution < -0.4 is 10.6 Å². The van der Waals surface area contributed by atoms with Crippen molar-refractivity contribution < 1.29 is 9.18 Å². The summed E-state index contributed by atoms with van der Waals surface area (Å²) in [7, 11) is 0. The number of amides is 2. The number of carbonyl (C=O) groups is 1. The average Bonchev–Trinajstić information content (AvgIpc) is 2.63. The molecule has 3 rings (SSSR count). The van der Waals surface area contributed by atoms with E-state index < -0.39 is 0 Å². The first-order valence-corrected chi connectivity index (χ1v) is 9.23. The fourth-order valence-corrected chi connectivity index (χ4v) is 3.40. The van der Waals surface area contributed by atoms with E-state index in [0.29, 0.717) is 18.2 Å². The highest BCUT2D eigenvalue weighted by Gasteiger charge is 2.19. The highest BCUT2D eigenvalue weighted by molar-refractivity contribution is 6.30. The third-order valence-electron chi connectivity index (χ3n) is 4.66. The van der Waals surface area contributed by atoms with Crippen molar-refractivity contribution in [2.24, 2.45) is 5.92 Å². The van der Waals surface area contributed by atoms with Gasteiger partial charge in [0, 0.05) is 23.8 Å². The van der Waals surface area contributed by atoms with Gasteiger partial charge in [0.1, 0.15) is 5.82 Å². The lowest BCUT2D eigenvalue weighted by Crippen LogP contribution is -2.39. The number of hydrogen-bond donors (Lipinski definition) is 2. The van der Waals surface area contributed by atoms with Crippen molar-refractivity contribution in [1.82, 2.24) is 10.2 Å². The average molecular weight is 376 g/mol. The van der Waals surface area contributed by atoms with Crippen LogP contribution in [0.4, 0.5) is 14.9 Å². The molecule has 2 aromatic rings. The summed E-state index contributed by atoms with van der Waals surface area (Å²) in [6.07, 6.45) is 2.11. The topological polar surface area (TPSA) is 44.4 Å². The number of piperidine rings is 1. The zero-order valence-electron chi connectivity index (χ0n) is 14.6. The summed E-state index contributed by atoms with van der Waals surface area (Å²) >= 11 is 6.04. The van der Waals surface area contributed by atoms with Crippen LogP contribution >= 0.6 is 11.6 Å². The maximum absolute atomic E-state index is 12.9. The zero-order chi connectivity index (χ0) is 18.4. The van der Waals surface area contributed by atoms with Gasteiger partial charge < -0.3 is 10.6 Å². The summed E-state index contributed by atoms with van der Waals surface area (Å²) in [5.74, 6) is 0.157. The first-order valence-electron chi connectivity index (χ1n) is 8.86. The minimum atomic E-state index is -0.319. The van der Waals surface area contributed by atoms with Crippen LogP contribution in [0.25, 0.3) is 0 Å². The molecule has 6 heteroatoms. The van der Waals surface area contributed by atoms with Crippen LogP contribution in [0.15, 0.2) is 48.5 Å². The quantitative estimate of drug-likeness (QED) is 0.807. The van der Waals surface area contributed by atoms with Gasteiger partial charge in [0.25, 0.3) is 0 Å². The number of carbonyl (C=O) groups excluding carboxylic acids is 1. The molecule has 4 nitrogen and oxygen atoms in total. The monoisotopic (exact) mass is 375 g/mol. The van der Waals surface area contributed by atoms with Gasteiger partial charge >= 0.3 is 6.03 Å². The molecule has 0 spiro atoms. The molecule has 0 aliphatic carbocycles. The van der Waals surface area contributed by atoms with E-state index in [0.717, 1.165) is 37.5 Å². The molecule has 0 bridgehead atoms. The van der Waals surface area contributed by atoms with Crippen LogP contribution in [0.2, 0.25) is 5.02 Å². The van der Waals surface area contributed by atoms with Gasteiger partial charge in [0.05, 0.1) is 0 Å². The highest BCUT2D eigenvalue weighted by Crippen LogP contribution is 2.20. The molecule has 2 N–H and O–H groups in total. The van der Waals surface area contributed by atoms with Crippen LogP contribution in [0.1, 0.15) is 18.4 Å². The molecule has 0 radical (unpaired) electrons. The number of anilines is 1. The van der Waals surface area contributed by atoms with Gasteiger partial charge in [0.15, 0.2) is 0 Å². The number of likely N-dealkylation sites (tertiary alicyclic amines) is 1. The second-order valence-electron chi connectivity index (χ2n) is 6.69. The van der Waals surface area contributed by atoms with Gasteiger partial charge in [-0.1, -0.05) is 23.7 Å². The maximum Gasteiger partial charge on any atom is 0.319 e. The van der Waals surface area contributed by atoms with Gasteiger partial charge in [-0.05, 0) is 73.8 Å². The summed E-state index contributed by atoms with van der Waals surface area (Å²) in [5.41, 5.74) is 1.81. The van der Waals surface area contributed by atoms with E-state index in [4.69, 9.17) is 11.6 Å². The van der Waals surface area contributed by atoms with Gasteiger partial charge in [-0.2, -0.15) is 0 Å². The van der Waals surface area contributed by atoms with Crippen molar-refractivity contribution in [2.75, 3.05) is 25.0 Å². The smallest absolute Gasteiger partial charge is 0.319 e. The Morgan fingerprint density at radius 1 is 1.15 bits per heavy atom. The molecule has 0 atom stereocenters. The number of benzene rings is 2. The van der Waals surface area contributed by atoms with Gasteiger partial charge in [0.2, 0.25) is 0 Å². The van der Waals surface area contributed by atoms with Gasteiger partial charge in [-0.15, -0.1) is 0 Å². The largest absolute Gasteiger partial charge is 0.338 e. The van der Waals surface area contributed by atoms with E-state index >= 15 is 0 Å². The Labute approximate surface area is 158 Å². The molecule has 2 amide bonds. The molecule has 0 aromatic heterocycles. The number of rotatable bonds is 5. The predicted molar refractivity (Wildman–Crippen MR) is 103 cm³/mol. The zero-order valence-corrected chi connectivity index (χ0v) is 15.3. The number of nitrogens with zero attached hydrogens (tertiary/aromatic N) is 1. The molecular formula is C20H23ClFN3O. The first-order chi connectivity index (χ1) is 12.6. The molecule has 138 valence electrons. The normalized spacial score (nSPS) is 15.6. The Kier molecular flexibility index (Phi) is 6.47.